The molecule has 2 saturated heterocycles. The van der Waals surface area contributed by atoms with Gasteiger partial charge in [0.2, 0.25) is 11.8 Å². The third-order valence-corrected chi connectivity index (χ3v) is 3.84. The van der Waals surface area contributed by atoms with Crippen LogP contribution < -0.4 is 5.32 Å². The molecule has 6 nitrogen and oxygen atoms in total. The van der Waals surface area contributed by atoms with Crippen molar-refractivity contribution in [1.29, 1.82) is 0 Å². The van der Waals surface area contributed by atoms with Crippen molar-refractivity contribution in [1.82, 2.24) is 15.1 Å². The topological polar surface area (TPSA) is 61.9 Å². The number of nitrogens with one attached hydrogen (secondary N) is 1. The van der Waals surface area contributed by atoms with Gasteiger partial charge in [-0.15, -0.1) is 12.4 Å². The summed E-state index contributed by atoms with van der Waals surface area (Å²) in [7, 11) is 0. The largest absolute Gasteiger partial charge is 0.375 e. The highest BCUT2D eigenvalue weighted by Crippen LogP contribution is 2.10. The Morgan fingerprint density at radius 3 is 2.45 bits per heavy atom. The van der Waals surface area contributed by atoms with Crippen LogP contribution in [0.1, 0.15) is 20.3 Å². The van der Waals surface area contributed by atoms with Gasteiger partial charge in [0.1, 0.15) is 6.04 Å². The molecule has 1 N–H and O–H groups in total. The summed E-state index contributed by atoms with van der Waals surface area (Å²) in [4.78, 5) is 27.5. The first-order valence-electron chi connectivity index (χ1n) is 6.99. The number of hydrogen-bond acceptors (Lipinski definition) is 4. The monoisotopic (exact) mass is 305 g/mol. The van der Waals surface area contributed by atoms with Gasteiger partial charge in [0, 0.05) is 39.6 Å². The molecule has 0 radical (unpaired) electrons. The van der Waals surface area contributed by atoms with Crippen molar-refractivity contribution in [2.45, 2.75) is 32.4 Å². The second-order valence-corrected chi connectivity index (χ2v) is 5.19. The van der Waals surface area contributed by atoms with Crippen molar-refractivity contribution in [3.63, 3.8) is 0 Å². The molecule has 2 rings (SSSR count). The normalized spacial score (nSPS) is 27.5. The van der Waals surface area contributed by atoms with Crippen molar-refractivity contribution >= 4 is 24.2 Å². The number of amides is 2. The SMILES string of the molecule is CC(=O)N1CCCN(C(=O)[C@H]2NCCO[C@@H]2C)CC1.Cl. The number of nitrogens with zero attached hydrogens (tertiary/aromatic N) is 2. The van der Waals surface area contributed by atoms with Crippen LogP contribution in [0.25, 0.3) is 0 Å². The molecule has 2 aliphatic rings. The number of morpholine rings is 1. The van der Waals surface area contributed by atoms with Crippen molar-refractivity contribution in [3.8, 4) is 0 Å². The highest BCUT2D eigenvalue weighted by atomic mass is 35.5. The van der Waals surface area contributed by atoms with E-state index in [1.54, 1.807) is 6.92 Å². The molecule has 0 spiro atoms. The molecular formula is C13H24ClN3O3. The smallest absolute Gasteiger partial charge is 0.242 e. The Morgan fingerprint density at radius 2 is 1.80 bits per heavy atom. The van der Waals surface area contributed by atoms with E-state index in [0.29, 0.717) is 32.8 Å². The number of hydrogen-bond donors (Lipinski definition) is 1. The van der Waals surface area contributed by atoms with Crippen molar-refractivity contribution in [2.24, 2.45) is 0 Å². The van der Waals surface area contributed by atoms with Gasteiger partial charge in [-0.1, -0.05) is 0 Å². The van der Waals surface area contributed by atoms with E-state index in [0.717, 1.165) is 13.0 Å². The van der Waals surface area contributed by atoms with Crippen LogP contribution in [-0.2, 0) is 14.3 Å². The Morgan fingerprint density at radius 1 is 1.15 bits per heavy atom. The highest BCUT2D eigenvalue weighted by molar-refractivity contribution is 5.85. The van der Waals surface area contributed by atoms with Gasteiger partial charge in [-0.05, 0) is 13.3 Å². The predicted octanol–water partition coefficient (Wildman–Crippen LogP) is -0.134. The maximum Gasteiger partial charge on any atom is 0.242 e. The van der Waals surface area contributed by atoms with Crippen LogP contribution in [-0.4, -0.2) is 73.1 Å². The average molecular weight is 306 g/mol. The van der Waals surface area contributed by atoms with E-state index in [-0.39, 0.29) is 36.4 Å². The van der Waals surface area contributed by atoms with Gasteiger partial charge in [-0.25, -0.2) is 0 Å². The van der Waals surface area contributed by atoms with Gasteiger partial charge >= 0.3 is 0 Å². The predicted molar refractivity (Wildman–Crippen MR) is 77.9 cm³/mol. The third kappa shape index (κ3) is 4.07. The second kappa shape index (κ2) is 7.81. The van der Waals surface area contributed by atoms with Crippen LogP contribution in [0.15, 0.2) is 0 Å². The summed E-state index contributed by atoms with van der Waals surface area (Å²) < 4.78 is 5.52. The zero-order valence-electron chi connectivity index (χ0n) is 12.1. The van der Waals surface area contributed by atoms with Gasteiger partial charge in [0.25, 0.3) is 0 Å². The molecule has 0 bridgehead atoms. The van der Waals surface area contributed by atoms with Gasteiger partial charge in [-0.3, -0.25) is 9.59 Å². The summed E-state index contributed by atoms with van der Waals surface area (Å²) in [6.45, 7) is 7.57. The van der Waals surface area contributed by atoms with E-state index < -0.39 is 0 Å². The molecular weight excluding hydrogens is 282 g/mol. The van der Waals surface area contributed by atoms with Crippen LogP contribution in [0.2, 0.25) is 0 Å². The lowest BCUT2D eigenvalue weighted by Gasteiger charge is -2.33. The van der Waals surface area contributed by atoms with Crippen LogP contribution in [0.4, 0.5) is 0 Å². The maximum absolute atomic E-state index is 12.5. The second-order valence-electron chi connectivity index (χ2n) is 5.19. The number of rotatable bonds is 1. The fraction of sp³-hybridized carbons (Fsp3) is 0.846. The summed E-state index contributed by atoms with van der Waals surface area (Å²) in [5.41, 5.74) is 0. The first-order valence-corrected chi connectivity index (χ1v) is 6.99. The fourth-order valence-electron chi connectivity index (χ4n) is 2.66. The average Bonchev–Trinajstić information content (AvgIpc) is 2.64. The van der Waals surface area contributed by atoms with Gasteiger partial charge < -0.3 is 19.9 Å². The van der Waals surface area contributed by atoms with Crippen molar-refractivity contribution in [3.05, 3.63) is 0 Å². The number of carbonyl (C=O) groups is 2. The summed E-state index contributed by atoms with van der Waals surface area (Å²) in [6, 6.07) is -0.252. The summed E-state index contributed by atoms with van der Waals surface area (Å²) >= 11 is 0. The van der Waals surface area contributed by atoms with Crippen LogP contribution in [0.3, 0.4) is 0 Å². The van der Waals surface area contributed by atoms with Gasteiger partial charge in [0.15, 0.2) is 0 Å². The standard InChI is InChI=1S/C13H23N3O3.ClH/c1-10-12(14-4-9-19-10)13(18)16-6-3-5-15(7-8-16)11(2)17;/h10,12,14H,3-9H2,1-2H3;1H/t10-,12+;/m1./s1. The van der Waals surface area contributed by atoms with Crippen molar-refractivity contribution in [2.75, 3.05) is 39.3 Å². The van der Waals surface area contributed by atoms with Gasteiger partial charge in [0.05, 0.1) is 12.7 Å². The molecule has 0 aromatic rings. The molecule has 2 amide bonds. The molecule has 116 valence electrons. The molecule has 0 aromatic heterocycles. The van der Waals surface area contributed by atoms with E-state index in [1.165, 1.54) is 0 Å². The van der Waals surface area contributed by atoms with Crippen LogP contribution >= 0.6 is 12.4 Å². The van der Waals surface area contributed by atoms with E-state index in [9.17, 15) is 9.59 Å². The maximum atomic E-state index is 12.5. The Hall–Kier alpha value is -0.850. The first kappa shape index (κ1) is 17.2. The number of halogens is 1. The molecule has 0 aliphatic carbocycles. The quantitative estimate of drug-likeness (QED) is 0.733. The third-order valence-electron chi connectivity index (χ3n) is 3.84. The van der Waals surface area contributed by atoms with E-state index in [4.69, 9.17) is 4.74 Å². The fourth-order valence-corrected chi connectivity index (χ4v) is 2.66. The van der Waals surface area contributed by atoms with Crippen LogP contribution in [0.5, 0.6) is 0 Å². The van der Waals surface area contributed by atoms with E-state index in [1.807, 2.05) is 16.7 Å². The minimum atomic E-state index is -0.252. The highest BCUT2D eigenvalue weighted by Gasteiger charge is 2.32. The minimum absolute atomic E-state index is 0. The lowest BCUT2D eigenvalue weighted by Crippen LogP contribution is -2.56. The molecule has 20 heavy (non-hydrogen) atoms. The molecule has 7 heteroatoms. The lowest BCUT2D eigenvalue weighted by molar-refractivity contribution is -0.139. The molecule has 2 heterocycles. The molecule has 2 fully saturated rings. The summed E-state index contributed by atoms with van der Waals surface area (Å²) in [6.07, 6.45) is 0.751. The Labute approximate surface area is 126 Å². The molecule has 0 aromatic carbocycles. The molecule has 0 saturated carbocycles. The first-order chi connectivity index (χ1) is 9.09. The Kier molecular flexibility index (Phi) is 6.71. The van der Waals surface area contributed by atoms with E-state index >= 15 is 0 Å². The lowest BCUT2D eigenvalue weighted by atomic mass is 10.1. The number of ether oxygens (including phenoxy) is 1. The van der Waals surface area contributed by atoms with Gasteiger partial charge in [-0.2, -0.15) is 0 Å². The number of carbonyl (C=O) groups excluding carboxylic acids is 2. The zero-order valence-corrected chi connectivity index (χ0v) is 12.9. The van der Waals surface area contributed by atoms with Crippen molar-refractivity contribution < 1.29 is 14.3 Å². The Balaban J connectivity index is 0.00000200. The summed E-state index contributed by atoms with van der Waals surface area (Å²) in [5.74, 6) is 0.180. The zero-order chi connectivity index (χ0) is 13.8. The Bertz CT molecular complexity index is 354. The summed E-state index contributed by atoms with van der Waals surface area (Å²) in [5, 5.41) is 3.22. The van der Waals surface area contributed by atoms with E-state index in [2.05, 4.69) is 5.32 Å². The molecule has 2 aliphatic heterocycles. The van der Waals surface area contributed by atoms with Crippen LogP contribution in [0, 0.1) is 0 Å². The molecule has 2 atom stereocenters. The molecule has 0 unspecified atom stereocenters. The minimum Gasteiger partial charge on any atom is -0.375 e.